The van der Waals surface area contributed by atoms with E-state index in [1.54, 1.807) is 37.1 Å². The van der Waals surface area contributed by atoms with Crippen molar-refractivity contribution >= 4 is 5.82 Å². The smallest absolute Gasteiger partial charge is 0.261 e. The number of aromatic nitrogens is 6. The molecule has 176 valence electrons. The van der Waals surface area contributed by atoms with E-state index in [4.69, 9.17) is 15.2 Å². The second-order valence-corrected chi connectivity index (χ2v) is 9.66. The summed E-state index contributed by atoms with van der Waals surface area (Å²) in [5.41, 5.74) is 6.90. The van der Waals surface area contributed by atoms with Gasteiger partial charge in [0.25, 0.3) is 5.89 Å². The van der Waals surface area contributed by atoms with Gasteiger partial charge >= 0.3 is 0 Å². The number of anilines is 1. The van der Waals surface area contributed by atoms with Gasteiger partial charge in [-0.3, -0.25) is 9.67 Å². The minimum Gasteiger partial charge on any atom is -0.389 e. The molecule has 3 N–H and O–H groups in total. The van der Waals surface area contributed by atoms with Crippen molar-refractivity contribution in [2.75, 3.05) is 5.73 Å². The Hall–Kier alpha value is -3.66. The zero-order valence-corrected chi connectivity index (χ0v) is 19.2. The summed E-state index contributed by atoms with van der Waals surface area (Å²) in [6.07, 6.45) is 8.81. The second kappa shape index (κ2) is 7.98. The third-order valence-corrected chi connectivity index (χ3v) is 6.24. The summed E-state index contributed by atoms with van der Waals surface area (Å²) in [5.74, 6) is 0.600. The summed E-state index contributed by atoms with van der Waals surface area (Å²) < 4.78 is 21.1. The first-order chi connectivity index (χ1) is 16.1. The molecular weight excluding hydrogens is 437 g/mol. The van der Waals surface area contributed by atoms with E-state index in [-0.39, 0.29) is 5.82 Å². The van der Waals surface area contributed by atoms with Crippen molar-refractivity contribution < 1.29 is 14.0 Å². The number of pyridine rings is 2. The van der Waals surface area contributed by atoms with E-state index < -0.39 is 16.8 Å². The van der Waals surface area contributed by atoms with E-state index in [1.165, 1.54) is 12.3 Å². The van der Waals surface area contributed by atoms with Crippen LogP contribution in [-0.4, -0.2) is 40.6 Å². The molecule has 1 aliphatic rings. The van der Waals surface area contributed by atoms with Gasteiger partial charge in [0.05, 0.1) is 35.0 Å². The van der Waals surface area contributed by atoms with Gasteiger partial charge in [0.1, 0.15) is 0 Å². The number of aliphatic hydroxyl groups is 1. The summed E-state index contributed by atoms with van der Waals surface area (Å²) >= 11 is 0. The zero-order valence-electron chi connectivity index (χ0n) is 19.2. The predicted octanol–water partition coefficient (Wildman–Crippen LogP) is 3.60. The fraction of sp³-hybridized carbons (Fsp3) is 0.375. The molecule has 1 fully saturated rings. The molecule has 34 heavy (non-hydrogen) atoms. The summed E-state index contributed by atoms with van der Waals surface area (Å²) in [5, 5.41) is 18.6. The van der Waals surface area contributed by atoms with Crippen LogP contribution in [0.1, 0.15) is 45.0 Å². The first-order valence-corrected chi connectivity index (χ1v) is 11.1. The summed E-state index contributed by atoms with van der Waals surface area (Å²) in [6, 6.07) is 5.13. The minimum absolute atomic E-state index is 0.139. The third-order valence-electron chi connectivity index (χ3n) is 6.24. The first kappa shape index (κ1) is 22.1. The van der Waals surface area contributed by atoms with Crippen molar-refractivity contribution in [1.82, 2.24) is 29.9 Å². The van der Waals surface area contributed by atoms with Crippen molar-refractivity contribution in [3.8, 4) is 22.7 Å². The Balaban J connectivity index is 1.44. The predicted molar refractivity (Wildman–Crippen MR) is 123 cm³/mol. The fourth-order valence-corrected chi connectivity index (χ4v) is 4.18. The highest BCUT2D eigenvalue weighted by Gasteiger charge is 2.47. The summed E-state index contributed by atoms with van der Waals surface area (Å²) in [6.45, 7) is 5.89. The summed E-state index contributed by atoms with van der Waals surface area (Å²) in [7, 11) is 0. The number of nitrogen functional groups attached to an aromatic ring is 1. The molecule has 4 aromatic heterocycles. The van der Waals surface area contributed by atoms with E-state index >= 15 is 0 Å². The average Bonchev–Trinajstić information content (AvgIpc) is 3.36. The van der Waals surface area contributed by atoms with Gasteiger partial charge in [0.15, 0.2) is 17.5 Å². The fourth-order valence-electron chi connectivity index (χ4n) is 4.18. The molecule has 4 heterocycles. The van der Waals surface area contributed by atoms with Crippen LogP contribution in [0.5, 0.6) is 0 Å². The largest absolute Gasteiger partial charge is 0.389 e. The van der Waals surface area contributed by atoms with Crippen LogP contribution in [0.4, 0.5) is 10.2 Å². The Morgan fingerprint density at radius 3 is 2.59 bits per heavy atom. The Morgan fingerprint density at radius 1 is 1.15 bits per heavy atom. The SMILES string of the molecule is CC(C)(O)Cn1cc(-c2nc([C@@](C)(c3ccc(-c4cnc(N)c(F)c4)nc3)C3CC3)no2)cn1. The van der Waals surface area contributed by atoms with Crippen LogP contribution < -0.4 is 5.73 Å². The molecule has 4 aromatic rings. The Bertz CT molecular complexity index is 1320. The van der Waals surface area contributed by atoms with E-state index in [0.29, 0.717) is 41.0 Å². The van der Waals surface area contributed by atoms with Gasteiger partial charge in [0.2, 0.25) is 0 Å². The van der Waals surface area contributed by atoms with Gasteiger partial charge in [-0.2, -0.15) is 10.1 Å². The first-order valence-electron chi connectivity index (χ1n) is 11.1. The van der Waals surface area contributed by atoms with Crippen molar-refractivity contribution in [3.63, 3.8) is 0 Å². The van der Waals surface area contributed by atoms with Crippen LogP contribution in [0.15, 0.2) is 47.5 Å². The molecule has 1 saturated carbocycles. The second-order valence-electron chi connectivity index (χ2n) is 9.66. The highest BCUT2D eigenvalue weighted by atomic mass is 19.1. The van der Waals surface area contributed by atoms with Crippen LogP contribution in [-0.2, 0) is 12.0 Å². The number of nitrogens with zero attached hydrogens (tertiary/aromatic N) is 6. The topological polar surface area (TPSA) is 129 Å². The minimum atomic E-state index is -0.888. The van der Waals surface area contributed by atoms with Crippen LogP contribution in [0.2, 0.25) is 0 Å². The van der Waals surface area contributed by atoms with Gasteiger partial charge in [0, 0.05) is 24.2 Å². The van der Waals surface area contributed by atoms with Crippen molar-refractivity contribution in [1.29, 1.82) is 0 Å². The van der Waals surface area contributed by atoms with Gasteiger partial charge in [-0.05, 0) is 57.2 Å². The van der Waals surface area contributed by atoms with Crippen LogP contribution in [0.3, 0.4) is 0 Å². The Morgan fingerprint density at radius 2 is 1.94 bits per heavy atom. The van der Waals surface area contributed by atoms with Crippen LogP contribution in [0.25, 0.3) is 22.7 Å². The molecule has 0 saturated heterocycles. The van der Waals surface area contributed by atoms with E-state index in [1.807, 2.05) is 12.1 Å². The highest BCUT2D eigenvalue weighted by Crippen LogP contribution is 2.50. The zero-order chi connectivity index (χ0) is 24.1. The number of rotatable bonds is 7. The number of hydrogen-bond donors (Lipinski definition) is 2. The van der Waals surface area contributed by atoms with Crippen molar-refractivity contribution in [2.24, 2.45) is 5.92 Å². The molecule has 0 amide bonds. The maximum Gasteiger partial charge on any atom is 0.261 e. The number of halogens is 1. The van der Waals surface area contributed by atoms with E-state index in [2.05, 4.69) is 27.1 Å². The molecule has 0 unspecified atom stereocenters. The lowest BCUT2D eigenvalue weighted by atomic mass is 9.77. The lowest BCUT2D eigenvalue weighted by Gasteiger charge is -2.26. The standard InChI is InChI=1S/C24H26FN7O2/c1-23(2,33)13-32-12-15(10-29-32)21-30-22(31-34-21)24(3,16-4-5-16)17-6-7-19(27-11-17)14-8-18(25)20(26)28-9-14/h6-12,16,33H,4-5,13H2,1-3H3,(H2,26,28)/t24-/m1/s1. The Labute approximate surface area is 195 Å². The number of hydrogen-bond acceptors (Lipinski definition) is 8. The molecule has 0 aliphatic heterocycles. The Kier molecular flexibility index (Phi) is 5.20. The molecule has 1 aliphatic carbocycles. The third kappa shape index (κ3) is 4.16. The lowest BCUT2D eigenvalue weighted by molar-refractivity contribution is 0.0577. The molecule has 0 bridgehead atoms. The molecule has 9 nitrogen and oxygen atoms in total. The van der Waals surface area contributed by atoms with Gasteiger partial charge in [-0.15, -0.1) is 0 Å². The van der Waals surface area contributed by atoms with E-state index in [9.17, 15) is 9.50 Å². The van der Waals surface area contributed by atoms with Crippen LogP contribution >= 0.6 is 0 Å². The van der Waals surface area contributed by atoms with E-state index in [0.717, 1.165) is 18.4 Å². The number of nitrogens with two attached hydrogens (primary N) is 1. The van der Waals surface area contributed by atoms with Crippen molar-refractivity contribution in [3.05, 3.63) is 60.2 Å². The highest BCUT2D eigenvalue weighted by molar-refractivity contribution is 5.60. The maximum atomic E-state index is 13.8. The molecule has 0 radical (unpaired) electrons. The van der Waals surface area contributed by atoms with Gasteiger partial charge in [-0.25, -0.2) is 9.37 Å². The van der Waals surface area contributed by atoms with Crippen molar-refractivity contribution in [2.45, 2.75) is 51.2 Å². The molecule has 5 rings (SSSR count). The lowest BCUT2D eigenvalue weighted by Crippen LogP contribution is -2.28. The van der Waals surface area contributed by atoms with Crippen LogP contribution in [0, 0.1) is 11.7 Å². The quantitative estimate of drug-likeness (QED) is 0.425. The normalized spacial score (nSPS) is 15.9. The van der Waals surface area contributed by atoms with Gasteiger partial charge in [-0.1, -0.05) is 11.2 Å². The molecule has 0 spiro atoms. The monoisotopic (exact) mass is 463 g/mol. The van der Waals surface area contributed by atoms with Gasteiger partial charge < -0.3 is 15.4 Å². The molecule has 1 atom stereocenters. The molecule has 10 heteroatoms. The molecular formula is C24H26FN7O2. The average molecular weight is 464 g/mol. The molecule has 0 aromatic carbocycles. The maximum absolute atomic E-state index is 13.8. The summed E-state index contributed by atoms with van der Waals surface area (Å²) in [4.78, 5) is 13.1.